The smallest absolute Gasteiger partial charge is 0.0541 e. The summed E-state index contributed by atoms with van der Waals surface area (Å²) in [4.78, 5) is 7.15. The molecule has 4 heterocycles. The summed E-state index contributed by atoms with van der Waals surface area (Å²) in [6.45, 7) is 4.21. The van der Waals surface area contributed by atoms with Crippen LogP contribution in [-0.2, 0) is 6.42 Å². The number of rotatable bonds is 16. The van der Waals surface area contributed by atoms with E-state index in [4.69, 9.17) is 0 Å². The predicted molar refractivity (Wildman–Crippen MR) is 506 cm³/mol. The zero-order chi connectivity index (χ0) is 78.7. The molecule has 0 atom stereocenters. The molecule has 0 aliphatic heterocycles. The Morgan fingerprint density at radius 1 is 0.214 bits per heavy atom. The van der Waals surface area contributed by atoms with Gasteiger partial charge in [0, 0.05) is 114 Å². The van der Waals surface area contributed by atoms with E-state index in [0.717, 1.165) is 99.3 Å². The van der Waals surface area contributed by atoms with Crippen LogP contribution in [0.15, 0.2) is 451 Å². The highest BCUT2D eigenvalue weighted by atomic mass is 79.9. The molecule has 17 aromatic carbocycles. The van der Waals surface area contributed by atoms with Gasteiger partial charge in [0.15, 0.2) is 0 Å². The van der Waals surface area contributed by atoms with Gasteiger partial charge in [-0.3, -0.25) is 0 Å². The summed E-state index contributed by atoms with van der Waals surface area (Å²) in [5.41, 5.74) is 25.6. The van der Waals surface area contributed by atoms with Gasteiger partial charge in [-0.2, -0.15) is 0 Å². The Balaban J connectivity index is 0.000000213. The van der Waals surface area contributed by atoms with Crippen LogP contribution in [0.4, 0.5) is 51.2 Å². The van der Waals surface area contributed by atoms with E-state index in [0.29, 0.717) is 0 Å². The van der Waals surface area contributed by atoms with Gasteiger partial charge < -0.3 is 33.0 Å². The highest BCUT2D eigenvalue weighted by molar-refractivity contribution is 9.11. The summed E-state index contributed by atoms with van der Waals surface area (Å²) in [6.07, 6.45) is 2.90. The van der Waals surface area contributed by atoms with Crippen molar-refractivity contribution in [3.05, 3.63) is 468 Å². The third-order valence-corrected chi connectivity index (χ3v) is 23.1. The molecule has 0 aliphatic carbocycles. The van der Waals surface area contributed by atoms with Crippen LogP contribution in [0.3, 0.4) is 0 Å². The van der Waals surface area contributed by atoms with Gasteiger partial charge in [-0.25, -0.2) is 0 Å². The molecule has 0 unspecified atom stereocenters. The van der Waals surface area contributed by atoms with Crippen molar-refractivity contribution >= 4 is 181 Å². The summed E-state index contributed by atoms with van der Waals surface area (Å²) in [7, 11) is 0. The first-order valence-electron chi connectivity index (χ1n) is 39.2. The molecule has 0 saturated heterocycles. The summed E-state index contributed by atoms with van der Waals surface area (Å²) >= 11 is 10.1. The summed E-state index contributed by atoms with van der Waals surface area (Å²) < 4.78 is 12.6. The van der Waals surface area contributed by atoms with E-state index in [2.05, 4.69) is 500 Å². The Labute approximate surface area is 705 Å². The summed E-state index contributed by atoms with van der Waals surface area (Å²) in [5, 5.41) is 8.72. The molecule has 0 bridgehead atoms. The lowest BCUT2D eigenvalue weighted by Gasteiger charge is -2.33. The maximum Gasteiger partial charge on any atom is 0.0541 e. The van der Waals surface area contributed by atoms with Crippen LogP contribution in [0.5, 0.6) is 0 Å². The summed E-state index contributed by atoms with van der Waals surface area (Å²) in [5.74, 6) is 0. The zero-order valence-corrected chi connectivity index (χ0v) is 68.5. The van der Waals surface area contributed by atoms with E-state index < -0.39 is 0 Å². The number of aromatic nitrogens is 4. The third kappa shape index (κ3) is 14.6. The lowest BCUT2D eigenvalue weighted by molar-refractivity contribution is 1.11. The molecular weight excluding hydrogens is 1620 g/mol. The fourth-order valence-corrected chi connectivity index (χ4v) is 19.0. The number of benzene rings is 17. The Morgan fingerprint density at radius 3 is 0.761 bits per heavy atom. The van der Waals surface area contributed by atoms with Crippen molar-refractivity contribution in [2.75, 3.05) is 14.7 Å². The zero-order valence-electron chi connectivity index (χ0n) is 63.7. The predicted octanol–water partition coefficient (Wildman–Crippen LogP) is 31.2. The number of fused-ring (bicyclic) bond motifs is 10. The highest BCUT2D eigenvalue weighted by Crippen LogP contribution is 2.48. The average molecular weight is 1700 g/mol. The van der Waals surface area contributed by atoms with E-state index in [1.165, 1.54) is 87.6 Å². The Hall–Kier alpha value is -13.7. The van der Waals surface area contributed by atoms with Crippen LogP contribution in [-0.4, -0.2) is 18.3 Å². The topological polar surface area (TPSA) is 29.4 Å². The molecule has 0 fully saturated rings. The van der Waals surface area contributed by atoms with E-state index in [-0.39, 0.29) is 0 Å². The highest BCUT2D eigenvalue weighted by Gasteiger charge is 2.25. The summed E-state index contributed by atoms with van der Waals surface area (Å²) in [6, 6.07) is 154. The molecule has 0 radical (unpaired) electrons. The Morgan fingerprint density at radius 2 is 0.453 bits per heavy atom. The van der Waals surface area contributed by atoms with Crippen molar-refractivity contribution in [1.82, 2.24) is 18.3 Å². The monoisotopic (exact) mass is 1700 g/mol. The Kier molecular flexibility index (Phi) is 20.5. The van der Waals surface area contributed by atoms with Gasteiger partial charge >= 0.3 is 0 Å². The second-order valence-electron chi connectivity index (χ2n) is 29.0. The number of nitrogens with zero attached hydrogens (tertiary/aromatic N) is 7. The minimum absolute atomic E-state index is 0.967. The van der Waals surface area contributed by atoms with E-state index in [9.17, 15) is 0 Å². The quantitative estimate of drug-likeness (QED) is 0.0966. The molecule has 7 nitrogen and oxygen atoms in total. The molecule has 0 spiro atoms. The minimum Gasteiger partial charge on any atom is -0.310 e. The molecule has 0 saturated carbocycles. The van der Waals surface area contributed by atoms with E-state index >= 15 is 0 Å². The largest absolute Gasteiger partial charge is 0.310 e. The second-order valence-corrected chi connectivity index (χ2v) is 31.7. The maximum absolute atomic E-state index is 4.21. The van der Waals surface area contributed by atoms with Crippen molar-refractivity contribution in [3.63, 3.8) is 0 Å². The van der Waals surface area contributed by atoms with Crippen molar-refractivity contribution in [3.8, 4) is 22.7 Å². The number of hydrogen-bond donors (Lipinski definition) is 0. The normalized spacial score (nSPS) is 11.3. The average Bonchev–Trinajstić information content (AvgIpc) is 1.75. The number of hydrogen-bond acceptors (Lipinski definition) is 3. The van der Waals surface area contributed by atoms with Crippen molar-refractivity contribution < 1.29 is 0 Å². The van der Waals surface area contributed by atoms with Crippen molar-refractivity contribution in [1.29, 1.82) is 0 Å². The maximum atomic E-state index is 4.21. The Bertz CT molecular complexity index is 6710. The van der Waals surface area contributed by atoms with Gasteiger partial charge in [0.25, 0.3) is 0 Å². The lowest BCUT2D eigenvalue weighted by Crippen LogP contribution is -2.16. The second kappa shape index (κ2) is 32.6. The third-order valence-electron chi connectivity index (χ3n) is 21.8. The van der Waals surface area contributed by atoms with Crippen LogP contribution >= 0.6 is 47.8 Å². The molecular formula is C107H76Br3N7. The number of halogens is 3. The molecule has 0 aliphatic rings. The van der Waals surface area contributed by atoms with Gasteiger partial charge in [0.2, 0.25) is 0 Å². The standard InChI is InChI=1S/C76H54N6.C25H19N.C6H3Br3/c1-2-55-50-54-22-12-17-33-72(54)80(55)62-44-38-59(39-45-62)77(56-23-6-3-7-24-56)65-51-66(78(57-25-8-4-9-26-57)60-40-46-63(47-41-60)81-73-34-18-13-29-68(73)69-30-14-19-35-74(69)81)53-67(52-65)79(58-27-10-5-11-28-58)61-42-48-64(49-43-61)82-75-36-20-15-31-70(75)71-32-16-21-37-76(71)82;1-2-8-19(9-3-1)18-20-14-16-21(17-15-20)26-24-12-6-4-10-22(24)23-11-5-7-13-25(23)26;7-4-1-5(8)3-6(9)2-4/h2-53H,1H2;1-17H,18H2;1-3H. The number of anilines is 9. The molecule has 0 amide bonds. The van der Waals surface area contributed by atoms with Crippen molar-refractivity contribution in [2.24, 2.45) is 0 Å². The fraction of sp³-hybridized carbons (Fsp3) is 0.00935. The molecule has 10 heteroatoms. The first-order valence-corrected chi connectivity index (χ1v) is 41.6. The number of para-hydroxylation sites is 10. The van der Waals surface area contributed by atoms with E-state index in [1.54, 1.807) is 0 Å². The fourth-order valence-electron chi connectivity index (χ4n) is 16.6. The lowest BCUT2D eigenvalue weighted by atomic mass is 10.0. The van der Waals surface area contributed by atoms with Gasteiger partial charge in [-0.1, -0.05) is 279 Å². The van der Waals surface area contributed by atoms with Crippen LogP contribution in [0.25, 0.3) is 105 Å². The first-order chi connectivity index (χ1) is 57.7. The van der Waals surface area contributed by atoms with Crippen LogP contribution in [0.1, 0.15) is 16.8 Å². The molecule has 117 heavy (non-hydrogen) atoms. The molecule has 21 aromatic rings. The van der Waals surface area contributed by atoms with Crippen LogP contribution < -0.4 is 14.7 Å². The SMILES string of the molecule is Brc1cc(Br)cc(Br)c1.C=Cc1cc2ccccc2n1-c1ccc(N(c2ccccc2)c2cc(N(c3ccccc3)c3ccc(-n4c5ccccc5c5ccccc54)cc3)cc(N(c3ccccc3)c3ccc(-n4c5ccccc5c5ccccc54)cc3)c2)cc1.c1ccc(Cc2ccc(-n3c4ccccc4c4ccccc43)cc2)cc1. The first kappa shape index (κ1) is 73.4. The van der Waals surface area contributed by atoms with Gasteiger partial charge in [0.05, 0.1) is 55.7 Å². The van der Waals surface area contributed by atoms with Crippen LogP contribution in [0.2, 0.25) is 0 Å². The molecule has 560 valence electrons. The van der Waals surface area contributed by atoms with Gasteiger partial charge in [-0.15, -0.1) is 0 Å². The minimum atomic E-state index is 0.967. The van der Waals surface area contributed by atoms with Crippen molar-refractivity contribution in [2.45, 2.75) is 6.42 Å². The van der Waals surface area contributed by atoms with E-state index in [1.807, 2.05) is 24.3 Å². The van der Waals surface area contributed by atoms with Gasteiger partial charge in [0.1, 0.15) is 0 Å². The molecule has 4 aromatic heterocycles. The van der Waals surface area contributed by atoms with Crippen LogP contribution in [0, 0.1) is 0 Å². The molecule has 0 N–H and O–H groups in total. The molecule has 21 rings (SSSR count). The van der Waals surface area contributed by atoms with Gasteiger partial charge in [-0.05, 0) is 230 Å².